The molecular weight excluding hydrogens is 344 g/mol. The maximum Gasteiger partial charge on any atom is 0.329 e. The molecule has 1 aromatic heterocycles. The van der Waals surface area contributed by atoms with Crippen LogP contribution in [-0.4, -0.2) is 27.1 Å². The zero-order valence-electron chi connectivity index (χ0n) is 17.5. The van der Waals surface area contributed by atoms with Gasteiger partial charge in [-0.3, -0.25) is 9.59 Å². The van der Waals surface area contributed by atoms with Crippen LogP contribution < -0.4 is 10.9 Å². The van der Waals surface area contributed by atoms with E-state index in [1.807, 2.05) is 13.8 Å². The van der Waals surface area contributed by atoms with Gasteiger partial charge in [0.25, 0.3) is 11.5 Å². The highest BCUT2D eigenvalue weighted by Crippen LogP contribution is 2.18. The third-order valence-electron chi connectivity index (χ3n) is 5.51. The van der Waals surface area contributed by atoms with E-state index in [0.29, 0.717) is 6.54 Å². The summed E-state index contributed by atoms with van der Waals surface area (Å²) in [6.45, 7) is 11.4. The maximum atomic E-state index is 12.9. The van der Waals surface area contributed by atoms with Gasteiger partial charge in [-0.25, -0.2) is 4.79 Å². The number of pyridine rings is 1. The number of carboxylic acids is 1. The van der Waals surface area contributed by atoms with Crippen molar-refractivity contribution in [1.82, 2.24) is 9.88 Å². The van der Waals surface area contributed by atoms with E-state index in [0.717, 1.165) is 36.9 Å². The summed E-state index contributed by atoms with van der Waals surface area (Å²) in [5.74, 6) is -2.08. The van der Waals surface area contributed by atoms with Gasteiger partial charge in [-0.15, -0.1) is 0 Å². The topological polar surface area (TPSA) is 88.4 Å². The lowest BCUT2D eigenvalue weighted by Crippen LogP contribution is -2.56. The number of unbranched alkanes of at least 4 members (excludes halogenated alkanes) is 4. The Labute approximate surface area is 162 Å². The number of hydrogen-bond donors (Lipinski definition) is 2. The fraction of sp³-hybridized carbons (Fsp3) is 0.667. The summed E-state index contributed by atoms with van der Waals surface area (Å²) in [5, 5.41) is 12.1. The van der Waals surface area contributed by atoms with E-state index < -0.39 is 17.4 Å². The van der Waals surface area contributed by atoms with Crippen LogP contribution in [0.4, 0.5) is 0 Å². The lowest BCUT2D eigenvalue weighted by Gasteiger charge is -2.30. The molecule has 6 nitrogen and oxygen atoms in total. The number of carboxylic acid groups (broad SMARTS) is 1. The summed E-state index contributed by atoms with van der Waals surface area (Å²) >= 11 is 0. The molecule has 1 rings (SSSR count). The van der Waals surface area contributed by atoms with Gasteiger partial charge in [0, 0.05) is 12.2 Å². The number of nitrogens with zero attached hydrogens (tertiary/aromatic N) is 1. The van der Waals surface area contributed by atoms with Gasteiger partial charge >= 0.3 is 5.97 Å². The molecule has 2 N–H and O–H groups in total. The van der Waals surface area contributed by atoms with Gasteiger partial charge in [-0.1, -0.05) is 46.5 Å². The number of rotatable bonds is 10. The number of aliphatic carboxylic acids is 1. The molecule has 1 atom stereocenters. The Balaban J connectivity index is 3.13. The average Bonchev–Trinajstić information content (AvgIpc) is 2.59. The van der Waals surface area contributed by atoms with E-state index in [-0.39, 0.29) is 17.0 Å². The lowest BCUT2D eigenvalue weighted by atomic mass is 9.88. The summed E-state index contributed by atoms with van der Waals surface area (Å²) in [6, 6.07) is 1.56. The van der Waals surface area contributed by atoms with Gasteiger partial charge in [0.1, 0.15) is 11.1 Å². The first-order chi connectivity index (χ1) is 12.6. The molecule has 152 valence electrons. The van der Waals surface area contributed by atoms with Gasteiger partial charge in [0.05, 0.1) is 0 Å². The second-order valence-corrected chi connectivity index (χ2v) is 7.81. The summed E-state index contributed by atoms with van der Waals surface area (Å²) < 4.78 is 1.64. The summed E-state index contributed by atoms with van der Waals surface area (Å²) in [7, 11) is 0. The molecule has 0 bridgehead atoms. The maximum absolute atomic E-state index is 12.9. The third kappa shape index (κ3) is 5.44. The molecule has 0 aromatic carbocycles. The van der Waals surface area contributed by atoms with Crippen molar-refractivity contribution in [2.45, 2.75) is 85.7 Å². The Morgan fingerprint density at radius 3 is 2.30 bits per heavy atom. The van der Waals surface area contributed by atoms with E-state index in [4.69, 9.17) is 0 Å². The second-order valence-electron chi connectivity index (χ2n) is 7.81. The summed E-state index contributed by atoms with van der Waals surface area (Å²) in [5.41, 5.74) is -0.109. The Morgan fingerprint density at radius 1 is 1.19 bits per heavy atom. The first kappa shape index (κ1) is 22.9. The predicted octanol–water partition coefficient (Wildman–Crippen LogP) is 3.66. The molecule has 0 spiro atoms. The molecule has 1 amide bonds. The van der Waals surface area contributed by atoms with Crippen LogP contribution in [0.2, 0.25) is 0 Å². The molecule has 0 saturated heterocycles. The number of carbonyl (C=O) groups excluding carboxylic acids is 1. The minimum atomic E-state index is -1.44. The first-order valence-electron chi connectivity index (χ1n) is 9.83. The van der Waals surface area contributed by atoms with Gasteiger partial charge in [-0.2, -0.15) is 0 Å². The fourth-order valence-electron chi connectivity index (χ4n) is 2.95. The molecule has 0 aliphatic carbocycles. The standard InChI is InChI=1S/C21H34N2O4/c1-7-8-9-10-11-12-23-16(5)15(4)13-17(19(23)25)18(24)22-21(6,14(2)3)20(26)27/h13-14H,7-12H2,1-6H3,(H,22,24)(H,26,27). The molecule has 0 radical (unpaired) electrons. The quantitative estimate of drug-likeness (QED) is 0.608. The van der Waals surface area contributed by atoms with Crippen molar-refractivity contribution in [2.75, 3.05) is 0 Å². The highest BCUT2D eigenvalue weighted by atomic mass is 16.4. The van der Waals surface area contributed by atoms with Gasteiger partial charge < -0.3 is 15.0 Å². The highest BCUT2D eigenvalue weighted by Gasteiger charge is 2.39. The molecule has 0 saturated carbocycles. The van der Waals surface area contributed by atoms with Gasteiger partial charge in [0.15, 0.2) is 0 Å². The normalized spacial score (nSPS) is 13.4. The second kappa shape index (κ2) is 9.72. The molecular formula is C21H34N2O4. The lowest BCUT2D eigenvalue weighted by molar-refractivity contribution is -0.145. The zero-order chi connectivity index (χ0) is 20.8. The molecule has 27 heavy (non-hydrogen) atoms. The molecule has 0 fully saturated rings. The van der Waals surface area contributed by atoms with Crippen molar-refractivity contribution in [3.05, 3.63) is 33.2 Å². The van der Waals surface area contributed by atoms with Gasteiger partial charge in [0.2, 0.25) is 0 Å². The predicted molar refractivity (Wildman–Crippen MR) is 107 cm³/mol. The van der Waals surface area contributed by atoms with Crippen LogP contribution in [0.25, 0.3) is 0 Å². The largest absolute Gasteiger partial charge is 0.480 e. The van der Waals surface area contributed by atoms with Crippen LogP contribution >= 0.6 is 0 Å². The number of aromatic nitrogens is 1. The van der Waals surface area contributed by atoms with E-state index in [1.54, 1.807) is 24.5 Å². The van der Waals surface area contributed by atoms with E-state index >= 15 is 0 Å². The summed E-state index contributed by atoms with van der Waals surface area (Å²) in [4.78, 5) is 37.2. The molecule has 0 aliphatic heterocycles. The molecule has 0 aliphatic rings. The van der Waals surface area contributed by atoms with E-state index in [2.05, 4.69) is 12.2 Å². The van der Waals surface area contributed by atoms with Crippen molar-refractivity contribution in [3.63, 3.8) is 0 Å². The van der Waals surface area contributed by atoms with Crippen molar-refractivity contribution >= 4 is 11.9 Å². The third-order valence-corrected chi connectivity index (χ3v) is 5.51. The zero-order valence-corrected chi connectivity index (χ0v) is 17.5. The number of nitrogens with one attached hydrogen (secondary N) is 1. The van der Waals surface area contributed by atoms with Crippen molar-refractivity contribution in [2.24, 2.45) is 5.92 Å². The monoisotopic (exact) mass is 378 g/mol. The Kier molecular flexibility index (Phi) is 8.25. The smallest absolute Gasteiger partial charge is 0.329 e. The minimum absolute atomic E-state index is 0.000201. The van der Waals surface area contributed by atoms with Crippen LogP contribution in [0, 0.1) is 19.8 Å². The molecule has 1 aromatic rings. The van der Waals surface area contributed by atoms with Crippen molar-refractivity contribution in [1.29, 1.82) is 0 Å². The van der Waals surface area contributed by atoms with Gasteiger partial charge in [-0.05, 0) is 44.7 Å². The van der Waals surface area contributed by atoms with Crippen LogP contribution in [0.1, 0.15) is 81.4 Å². The van der Waals surface area contributed by atoms with Crippen LogP contribution in [-0.2, 0) is 11.3 Å². The molecule has 1 unspecified atom stereocenters. The number of amides is 1. The van der Waals surface area contributed by atoms with Crippen LogP contribution in [0.5, 0.6) is 0 Å². The highest BCUT2D eigenvalue weighted by molar-refractivity contribution is 5.97. The van der Waals surface area contributed by atoms with E-state index in [1.165, 1.54) is 13.3 Å². The SMILES string of the molecule is CCCCCCCn1c(C)c(C)cc(C(=O)NC(C)(C(=O)O)C(C)C)c1=O. The first-order valence-corrected chi connectivity index (χ1v) is 9.83. The van der Waals surface area contributed by atoms with E-state index in [9.17, 15) is 19.5 Å². The fourth-order valence-corrected chi connectivity index (χ4v) is 2.95. The average molecular weight is 379 g/mol. The van der Waals surface area contributed by atoms with Crippen LogP contribution in [0.15, 0.2) is 10.9 Å². The minimum Gasteiger partial charge on any atom is -0.480 e. The Hall–Kier alpha value is -2.11. The Bertz CT molecular complexity index is 736. The van der Waals surface area contributed by atoms with Crippen molar-refractivity contribution in [3.8, 4) is 0 Å². The summed E-state index contributed by atoms with van der Waals surface area (Å²) in [6.07, 6.45) is 5.39. The number of hydrogen-bond acceptors (Lipinski definition) is 3. The number of carbonyl (C=O) groups is 2. The van der Waals surface area contributed by atoms with Crippen molar-refractivity contribution < 1.29 is 14.7 Å². The van der Waals surface area contributed by atoms with Crippen LogP contribution in [0.3, 0.4) is 0 Å². The molecule has 1 heterocycles. The molecule has 6 heteroatoms. The Morgan fingerprint density at radius 2 is 1.78 bits per heavy atom. The number of aryl methyl sites for hydroxylation is 1.